The van der Waals surface area contributed by atoms with Gasteiger partial charge in [-0.1, -0.05) is 24.3 Å². The van der Waals surface area contributed by atoms with Crippen LogP contribution < -0.4 is 5.73 Å². The largest absolute Gasteiger partial charge is 0.369 e. The molecule has 1 aliphatic rings. The zero-order valence-corrected chi connectivity index (χ0v) is 16.2. The Morgan fingerprint density at radius 2 is 2.00 bits per heavy atom. The lowest BCUT2D eigenvalue weighted by Crippen LogP contribution is -2.38. The highest BCUT2D eigenvalue weighted by molar-refractivity contribution is 6.10. The van der Waals surface area contributed by atoms with Crippen molar-refractivity contribution in [3.05, 3.63) is 76.6 Å². The van der Waals surface area contributed by atoms with E-state index >= 15 is 0 Å². The Bertz CT molecular complexity index is 1300. The fraction of sp³-hybridized carbons (Fsp3) is 0.217. The molecule has 0 fully saturated rings. The number of carbonyl (C=O) groups is 1. The Hall–Kier alpha value is -3.32. The van der Waals surface area contributed by atoms with Crippen LogP contribution in [0.4, 0.5) is 8.78 Å². The number of carbonyl (C=O) groups excluding carboxylic acids is 1. The summed E-state index contributed by atoms with van der Waals surface area (Å²) in [4.78, 5) is 21.7. The summed E-state index contributed by atoms with van der Waals surface area (Å²) < 4.78 is 27.1. The quantitative estimate of drug-likeness (QED) is 0.545. The van der Waals surface area contributed by atoms with Crippen molar-refractivity contribution in [1.82, 2.24) is 14.9 Å². The van der Waals surface area contributed by atoms with Gasteiger partial charge in [-0.05, 0) is 35.7 Å². The zero-order valence-electron chi connectivity index (χ0n) is 16.2. The number of fused-ring (bicyclic) bond motifs is 5. The topological polar surface area (TPSA) is 75.0 Å². The smallest absolute Gasteiger partial charge is 0.231 e. The number of hydrogen-bond acceptors (Lipinski definition) is 3. The number of H-pyrrole nitrogens is 1. The predicted octanol–water partition coefficient (Wildman–Crippen LogP) is 3.43. The molecule has 1 aliphatic heterocycles. The van der Waals surface area contributed by atoms with Crippen molar-refractivity contribution in [1.29, 1.82) is 0 Å². The molecule has 5 nitrogen and oxygen atoms in total. The fourth-order valence-corrected chi connectivity index (χ4v) is 4.39. The van der Waals surface area contributed by atoms with Gasteiger partial charge in [0.1, 0.15) is 0 Å². The third kappa shape index (κ3) is 3.21. The molecule has 7 heteroatoms. The Labute approximate surface area is 171 Å². The standard InChI is InChI=1S/C23H20F2N4O/c24-16-6-5-13(9-17(16)25)10-19-23-22(14-3-1-2-4-18(14)28-23)15-7-8-29(12-21(26)30)11-20(15)27-19/h1-6,9,28H,7-8,10-12H2,(H2,26,30). The first-order valence-corrected chi connectivity index (χ1v) is 9.85. The van der Waals surface area contributed by atoms with Crippen LogP contribution in [0.3, 0.4) is 0 Å². The molecule has 3 N–H and O–H groups in total. The summed E-state index contributed by atoms with van der Waals surface area (Å²) in [5.74, 6) is -2.10. The van der Waals surface area contributed by atoms with Gasteiger partial charge in [-0.15, -0.1) is 0 Å². The van der Waals surface area contributed by atoms with Crippen molar-refractivity contribution in [3.8, 4) is 0 Å². The maximum atomic E-state index is 13.8. The van der Waals surface area contributed by atoms with Crippen molar-refractivity contribution < 1.29 is 13.6 Å². The van der Waals surface area contributed by atoms with Gasteiger partial charge in [0.2, 0.25) is 5.91 Å². The summed E-state index contributed by atoms with van der Waals surface area (Å²) in [5.41, 5.74) is 10.8. The van der Waals surface area contributed by atoms with Gasteiger partial charge in [0.25, 0.3) is 0 Å². The van der Waals surface area contributed by atoms with Crippen LogP contribution in [0.25, 0.3) is 21.8 Å². The summed E-state index contributed by atoms with van der Waals surface area (Å²) in [7, 11) is 0. The van der Waals surface area contributed by atoms with Crippen molar-refractivity contribution in [3.63, 3.8) is 0 Å². The van der Waals surface area contributed by atoms with Crippen molar-refractivity contribution in [2.75, 3.05) is 13.1 Å². The van der Waals surface area contributed by atoms with Crippen LogP contribution in [0.15, 0.2) is 42.5 Å². The predicted molar refractivity (Wildman–Crippen MR) is 111 cm³/mol. The average Bonchev–Trinajstić information content (AvgIpc) is 3.10. The second-order valence-corrected chi connectivity index (χ2v) is 7.76. The molecule has 0 unspecified atom stereocenters. The van der Waals surface area contributed by atoms with E-state index in [1.807, 2.05) is 23.1 Å². The average molecular weight is 406 g/mol. The van der Waals surface area contributed by atoms with E-state index in [1.165, 1.54) is 6.07 Å². The summed E-state index contributed by atoms with van der Waals surface area (Å²) >= 11 is 0. The highest BCUT2D eigenvalue weighted by Gasteiger charge is 2.24. The first-order valence-electron chi connectivity index (χ1n) is 9.85. The number of hydrogen-bond donors (Lipinski definition) is 2. The summed E-state index contributed by atoms with van der Waals surface area (Å²) in [5, 5.41) is 2.23. The van der Waals surface area contributed by atoms with E-state index in [1.54, 1.807) is 6.07 Å². The lowest BCUT2D eigenvalue weighted by Gasteiger charge is -2.28. The fourth-order valence-electron chi connectivity index (χ4n) is 4.39. The molecule has 0 spiro atoms. The van der Waals surface area contributed by atoms with Crippen LogP contribution in [0.1, 0.15) is 22.5 Å². The number of primary amides is 1. The normalized spacial score (nSPS) is 14.3. The van der Waals surface area contributed by atoms with Gasteiger partial charge in [0.05, 0.1) is 23.4 Å². The number of benzene rings is 2. The minimum absolute atomic E-state index is 0.186. The second kappa shape index (κ2) is 7.18. The number of amides is 1. The molecule has 1 amide bonds. The number of aromatic amines is 1. The van der Waals surface area contributed by atoms with E-state index < -0.39 is 11.6 Å². The Morgan fingerprint density at radius 1 is 1.17 bits per heavy atom. The van der Waals surface area contributed by atoms with Crippen LogP contribution in [0.5, 0.6) is 0 Å². The third-order valence-corrected chi connectivity index (χ3v) is 5.70. The lowest BCUT2D eigenvalue weighted by atomic mass is 9.96. The van der Waals surface area contributed by atoms with Gasteiger partial charge in [0, 0.05) is 35.8 Å². The maximum Gasteiger partial charge on any atom is 0.231 e. The van der Waals surface area contributed by atoms with E-state index in [-0.39, 0.29) is 12.5 Å². The SMILES string of the molecule is NC(=O)CN1CCc2c(nc(Cc3ccc(F)c(F)c3)c3[nH]c4ccccc4c23)C1. The van der Waals surface area contributed by atoms with Gasteiger partial charge in [0.15, 0.2) is 11.6 Å². The number of nitrogens with one attached hydrogen (secondary N) is 1. The molecular formula is C23H20F2N4O. The molecule has 0 radical (unpaired) electrons. The molecule has 3 heterocycles. The van der Waals surface area contributed by atoms with Gasteiger partial charge in [-0.25, -0.2) is 8.78 Å². The van der Waals surface area contributed by atoms with E-state index in [2.05, 4.69) is 11.1 Å². The molecule has 0 saturated heterocycles. The number of pyridine rings is 1. The molecule has 2 aromatic heterocycles. The van der Waals surface area contributed by atoms with Crippen LogP contribution in [-0.2, 0) is 24.2 Å². The second-order valence-electron chi connectivity index (χ2n) is 7.76. The highest BCUT2D eigenvalue weighted by atomic mass is 19.2. The Balaban J connectivity index is 1.67. The Morgan fingerprint density at radius 3 is 2.80 bits per heavy atom. The number of para-hydroxylation sites is 1. The van der Waals surface area contributed by atoms with Gasteiger partial charge < -0.3 is 10.7 Å². The molecule has 4 aromatic rings. The number of nitrogens with two attached hydrogens (primary N) is 1. The summed E-state index contributed by atoms with van der Waals surface area (Å²) in [6.45, 7) is 1.44. The number of nitrogens with zero attached hydrogens (tertiary/aromatic N) is 2. The number of rotatable bonds is 4. The molecular weight excluding hydrogens is 386 g/mol. The molecule has 2 aromatic carbocycles. The van der Waals surface area contributed by atoms with E-state index in [0.717, 1.165) is 57.8 Å². The van der Waals surface area contributed by atoms with Crippen LogP contribution in [0.2, 0.25) is 0 Å². The third-order valence-electron chi connectivity index (χ3n) is 5.70. The number of aromatic nitrogens is 2. The van der Waals surface area contributed by atoms with Gasteiger partial charge in [-0.2, -0.15) is 0 Å². The van der Waals surface area contributed by atoms with E-state index in [9.17, 15) is 13.6 Å². The van der Waals surface area contributed by atoms with Crippen LogP contribution >= 0.6 is 0 Å². The lowest BCUT2D eigenvalue weighted by molar-refractivity contribution is -0.119. The molecule has 0 bridgehead atoms. The monoisotopic (exact) mass is 406 g/mol. The summed E-state index contributed by atoms with van der Waals surface area (Å²) in [6, 6.07) is 12.0. The van der Waals surface area contributed by atoms with Crippen molar-refractivity contribution in [2.45, 2.75) is 19.4 Å². The maximum absolute atomic E-state index is 13.8. The summed E-state index contributed by atoms with van der Waals surface area (Å²) in [6.07, 6.45) is 1.13. The molecule has 152 valence electrons. The molecule has 0 atom stereocenters. The van der Waals surface area contributed by atoms with Gasteiger partial charge in [-0.3, -0.25) is 14.7 Å². The number of halogens is 2. The first-order chi connectivity index (χ1) is 14.5. The van der Waals surface area contributed by atoms with Gasteiger partial charge >= 0.3 is 0 Å². The molecule has 0 saturated carbocycles. The Kier molecular flexibility index (Phi) is 4.47. The zero-order chi connectivity index (χ0) is 20.8. The van der Waals surface area contributed by atoms with Crippen LogP contribution in [0, 0.1) is 11.6 Å². The molecule has 5 rings (SSSR count). The minimum Gasteiger partial charge on any atom is -0.369 e. The van der Waals surface area contributed by atoms with Crippen LogP contribution in [-0.4, -0.2) is 33.9 Å². The highest BCUT2D eigenvalue weighted by Crippen LogP contribution is 2.34. The first kappa shape index (κ1) is 18.7. The van der Waals surface area contributed by atoms with E-state index in [0.29, 0.717) is 18.5 Å². The van der Waals surface area contributed by atoms with Crippen molar-refractivity contribution >= 4 is 27.7 Å². The van der Waals surface area contributed by atoms with E-state index in [4.69, 9.17) is 10.7 Å². The molecule has 30 heavy (non-hydrogen) atoms. The molecule has 0 aliphatic carbocycles. The van der Waals surface area contributed by atoms with Crippen molar-refractivity contribution in [2.24, 2.45) is 5.73 Å². The minimum atomic E-state index is -0.869.